The molecule has 0 amide bonds. The van der Waals surface area contributed by atoms with Gasteiger partial charge >= 0.3 is 0 Å². The van der Waals surface area contributed by atoms with Gasteiger partial charge in [0.25, 0.3) is 0 Å². The molecule has 3 rings (SSSR count). The standard InChI is InChI=1S/C14H17IN6O/c1-9-11(6-15)19-14(21-2-4-22-5-3-21)20-12(9)10-7-17-13(16)18-8-10/h7-8H,2-6H2,1H3,(H2,16,17,18). The van der Waals surface area contributed by atoms with Crippen LogP contribution >= 0.6 is 22.6 Å². The van der Waals surface area contributed by atoms with Gasteiger partial charge in [0.2, 0.25) is 11.9 Å². The molecule has 0 aromatic carbocycles. The summed E-state index contributed by atoms with van der Waals surface area (Å²) in [6.45, 7) is 5.06. The molecule has 7 nitrogen and oxygen atoms in total. The molecule has 0 unspecified atom stereocenters. The van der Waals surface area contributed by atoms with E-state index in [4.69, 9.17) is 20.4 Å². The van der Waals surface area contributed by atoms with Crippen LogP contribution in [0.15, 0.2) is 12.4 Å². The van der Waals surface area contributed by atoms with Gasteiger partial charge in [0, 0.05) is 35.5 Å². The first-order valence-electron chi connectivity index (χ1n) is 7.03. The van der Waals surface area contributed by atoms with Crippen LogP contribution in [0.25, 0.3) is 11.3 Å². The molecule has 2 aromatic heterocycles. The summed E-state index contributed by atoms with van der Waals surface area (Å²) >= 11 is 2.32. The van der Waals surface area contributed by atoms with Crippen LogP contribution in [0.4, 0.5) is 11.9 Å². The average molecular weight is 412 g/mol. The molecule has 1 aliphatic rings. The Bertz CT molecular complexity index is 657. The molecule has 3 heterocycles. The zero-order valence-corrected chi connectivity index (χ0v) is 14.4. The predicted octanol–water partition coefficient (Wildman–Crippen LogP) is 1.60. The van der Waals surface area contributed by atoms with Crippen molar-refractivity contribution in [1.82, 2.24) is 19.9 Å². The number of rotatable bonds is 3. The number of morpholine rings is 1. The van der Waals surface area contributed by atoms with E-state index in [9.17, 15) is 0 Å². The molecule has 1 aliphatic heterocycles. The normalized spacial score (nSPS) is 15.1. The lowest BCUT2D eigenvalue weighted by Crippen LogP contribution is -2.37. The smallest absolute Gasteiger partial charge is 0.226 e. The van der Waals surface area contributed by atoms with Gasteiger partial charge in [0.15, 0.2) is 0 Å². The lowest BCUT2D eigenvalue weighted by molar-refractivity contribution is 0.122. The van der Waals surface area contributed by atoms with E-state index in [1.54, 1.807) is 12.4 Å². The Hall–Kier alpha value is -1.55. The number of nitrogens with two attached hydrogens (primary N) is 1. The lowest BCUT2D eigenvalue weighted by Gasteiger charge is -2.27. The fraction of sp³-hybridized carbons (Fsp3) is 0.429. The molecule has 0 radical (unpaired) electrons. The Kier molecular flexibility index (Phi) is 4.67. The van der Waals surface area contributed by atoms with Gasteiger partial charge in [-0.2, -0.15) is 0 Å². The summed E-state index contributed by atoms with van der Waals surface area (Å²) in [5.41, 5.74) is 9.37. The Morgan fingerprint density at radius 3 is 2.55 bits per heavy atom. The monoisotopic (exact) mass is 412 g/mol. The van der Waals surface area contributed by atoms with E-state index in [2.05, 4.69) is 37.5 Å². The third-order valence-electron chi connectivity index (χ3n) is 3.60. The summed E-state index contributed by atoms with van der Waals surface area (Å²) in [5.74, 6) is 1.00. The van der Waals surface area contributed by atoms with Gasteiger partial charge in [-0.05, 0) is 12.5 Å². The number of hydrogen-bond acceptors (Lipinski definition) is 7. The van der Waals surface area contributed by atoms with Gasteiger partial charge in [-0.3, -0.25) is 0 Å². The number of ether oxygens (including phenoxy) is 1. The number of nitrogens with zero attached hydrogens (tertiary/aromatic N) is 5. The van der Waals surface area contributed by atoms with Gasteiger partial charge < -0.3 is 15.4 Å². The maximum atomic E-state index is 5.57. The number of aromatic nitrogens is 4. The fourth-order valence-electron chi connectivity index (χ4n) is 2.33. The van der Waals surface area contributed by atoms with Crippen LogP contribution in [0.3, 0.4) is 0 Å². The quantitative estimate of drug-likeness (QED) is 0.605. The minimum absolute atomic E-state index is 0.262. The first-order valence-corrected chi connectivity index (χ1v) is 8.55. The van der Waals surface area contributed by atoms with Crippen molar-refractivity contribution in [2.45, 2.75) is 11.4 Å². The summed E-state index contributed by atoms with van der Waals surface area (Å²) in [4.78, 5) is 19.7. The molecular formula is C14H17IN6O. The van der Waals surface area contributed by atoms with Crippen LogP contribution in [0.1, 0.15) is 11.3 Å². The van der Waals surface area contributed by atoms with E-state index in [0.717, 1.165) is 46.0 Å². The molecule has 1 saturated heterocycles. The van der Waals surface area contributed by atoms with Crippen molar-refractivity contribution in [3.8, 4) is 11.3 Å². The molecule has 0 saturated carbocycles. The minimum atomic E-state index is 0.262. The van der Waals surface area contributed by atoms with Crippen LogP contribution in [-0.2, 0) is 9.16 Å². The Morgan fingerprint density at radius 1 is 1.23 bits per heavy atom. The highest BCUT2D eigenvalue weighted by molar-refractivity contribution is 14.1. The number of hydrogen-bond donors (Lipinski definition) is 1. The van der Waals surface area contributed by atoms with Gasteiger partial charge in [0.05, 0.1) is 24.6 Å². The van der Waals surface area contributed by atoms with E-state index in [0.29, 0.717) is 13.2 Å². The summed E-state index contributed by atoms with van der Waals surface area (Å²) in [7, 11) is 0. The summed E-state index contributed by atoms with van der Waals surface area (Å²) in [5, 5.41) is 0. The zero-order chi connectivity index (χ0) is 15.5. The molecule has 2 N–H and O–H groups in total. The van der Waals surface area contributed by atoms with Gasteiger partial charge in [-0.1, -0.05) is 22.6 Å². The van der Waals surface area contributed by atoms with Gasteiger partial charge in [0.1, 0.15) is 0 Å². The summed E-state index contributed by atoms with van der Waals surface area (Å²) in [6.07, 6.45) is 3.41. The minimum Gasteiger partial charge on any atom is -0.378 e. The fourth-order valence-corrected chi connectivity index (χ4v) is 3.07. The Morgan fingerprint density at radius 2 is 1.91 bits per heavy atom. The third-order valence-corrected chi connectivity index (χ3v) is 4.32. The topological polar surface area (TPSA) is 90.0 Å². The van der Waals surface area contributed by atoms with E-state index in [1.807, 2.05) is 6.92 Å². The number of nitrogen functional groups attached to an aromatic ring is 1. The van der Waals surface area contributed by atoms with Crippen molar-refractivity contribution >= 4 is 34.5 Å². The molecule has 0 atom stereocenters. The molecule has 116 valence electrons. The molecule has 8 heteroatoms. The Labute approximate surface area is 142 Å². The summed E-state index contributed by atoms with van der Waals surface area (Å²) in [6, 6.07) is 0. The first kappa shape index (κ1) is 15.3. The van der Waals surface area contributed by atoms with Crippen LogP contribution in [0.2, 0.25) is 0 Å². The van der Waals surface area contributed by atoms with E-state index in [1.165, 1.54) is 0 Å². The largest absolute Gasteiger partial charge is 0.378 e. The average Bonchev–Trinajstić information content (AvgIpc) is 2.57. The SMILES string of the molecule is Cc1c(CI)nc(N2CCOCC2)nc1-c1cnc(N)nc1. The first-order chi connectivity index (χ1) is 10.7. The van der Waals surface area contributed by atoms with Crippen molar-refractivity contribution < 1.29 is 4.74 Å². The molecule has 0 bridgehead atoms. The highest BCUT2D eigenvalue weighted by atomic mass is 127. The van der Waals surface area contributed by atoms with E-state index >= 15 is 0 Å². The van der Waals surface area contributed by atoms with Crippen molar-refractivity contribution in [3.63, 3.8) is 0 Å². The van der Waals surface area contributed by atoms with Crippen molar-refractivity contribution in [2.75, 3.05) is 36.9 Å². The Balaban J connectivity index is 2.05. The van der Waals surface area contributed by atoms with Crippen LogP contribution in [0, 0.1) is 6.92 Å². The molecule has 0 aliphatic carbocycles. The molecule has 2 aromatic rings. The second-order valence-electron chi connectivity index (χ2n) is 5.01. The predicted molar refractivity (Wildman–Crippen MR) is 93.0 cm³/mol. The van der Waals surface area contributed by atoms with Crippen molar-refractivity contribution in [1.29, 1.82) is 0 Å². The molecule has 22 heavy (non-hydrogen) atoms. The molecule has 1 fully saturated rings. The lowest BCUT2D eigenvalue weighted by atomic mass is 10.1. The number of halogens is 1. The summed E-state index contributed by atoms with van der Waals surface area (Å²) < 4.78 is 6.22. The zero-order valence-electron chi connectivity index (χ0n) is 12.3. The second-order valence-corrected chi connectivity index (χ2v) is 5.77. The van der Waals surface area contributed by atoms with Crippen LogP contribution < -0.4 is 10.6 Å². The van der Waals surface area contributed by atoms with E-state index < -0.39 is 0 Å². The van der Waals surface area contributed by atoms with Gasteiger partial charge in [-0.25, -0.2) is 19.9 Å². The van der Waals surface area contributed by atoms with Gasteiger partial charge in [-0.15, -0.1) is 0 Å². The molecular weight excluding hydrogens is 395 g/mol. The molecule has 0 spiro atoms. The van der Waals surface area contributed by atoms with E-state index in [-0.39, 0.29) is 5.95 Å². The highest BCUT2D eigenvalue weighted by Gasteiger charge is 2.18. The third kappa shape index (κ3) is 3.12. The van der Waals surface area contributed by atoms with Crippen LogP contribution in [-0.4, -0.2) is 46.2 Å². The number of anilines is 2. The van der Waals surface area contributed by atoms with Crippen molar-refractivity contribution in [2.24, 2.45) is 0 Å². The van der Waals surface area contributed by atoms with Crippen molar-refractivity contribution in [3.05, 3.63) is 23.7 Å². The highest BCUT2D eigenvalue weighted by Crippen LogP contribution is 2.26. The van der Waals surface area contributed by atoms with Crippen LogP contribution in [0.5, 0.6) is 0 Å². The maximum Gasteiger partial charge on any atom is 0.226 e. The maximum absolute atomic E-state index is 5.57. The number of alkyl halides is 1. The second kappa shape index (κ2) is 6.69.